The standard InChI is InChI=1S/C22H26FN4O5P.ClH/c1-4-31-33(29,32-5-2)18-8-6-7-15(11-18)19-12-16(22(28)30-3)13-20-21(19)25-26-27(20)14-17(23)9-10-24;/h6-9,11-13H,4-5,10,14,24H2,1-3H3;1H/b17-9-;. The fraction of sp³-hybridized carbons (Fsp3) is 0.318. The van der Waals surface area contributed by atoms with Crippen LogP contribution in [0.3, 0.4) is 0 Å². The number of allylic oxidation sites excluding steroid dienone is 1. The highest BCUT2D eigenvalue weighted by molar-refractivity contribution is 7.62. The molecule has 0 amide bonds. The fourth-order valence-electron chi connectivity index (χ4n) is 3.35. The molecule has 0 unspecified atom stereocenters. The molecule has 0 bridgehead atoms. The maximum absolute atomic E-state index is 14.1. The van der Waals surface area contributed by atoms with Gasteiger partial charge in [-0.3, -0.25) is 4.57 Å². The molecule has 0 radical (unpaired) electrons. The second-order valence-electron chi connectivity index (χ2n) is 6.90. The third-order valence-corrected chi connectivity index (χ3v) is 6.86. The first kappa shape index (κ1) is 27.6. The number of halogens is 2. The number of carbonyl (C=O) groups excluding carboxylic acids is 1. The van der Waals surface area contributed by atoms with Gasteiger partial charge >= 0.3 is 13.6 Å². The number of carbonyl (C=O) groups is 1. The highest BCUT2D eigenvalue weighted by Crippen LogP contribution is 2.47. The summed E-state index contributed by atoms with van der Waals surface area (Å²) >= 11 is 0. The fourth-order valence-corrected chi connectivity index (χ4v) is 4.96. The molecule has 0 saturated heterocycles. The van der Waals surface area contributed by atoms with Crippen LogP contribution in [0.5, 0.6) is 0 Å². The van der Waals surface area contributed by atoms with E-state index in [1.165, 1.54) is 23.9 Å². The van der Waals surface area contributed by atoms with Crippen molar-refractivity contribution in [2.75, 3.05) is 26.9 Å². The summed E-state index contributed by atoms with van der Waals surface area (Å²) in [6.07, 6.45) is 1.24. The van der Waals surface area contributed by atoms with Crippen molar-refractivity contribution in [2.24, 2.45) is 5.73 Å². The quantitative estimate of drug-likeness (QED) is 0.320. The molecule has 9 nitrogen and oxygen atoms in total. The molecule has 2 aromatic carbocycles. The molecule has 184 valence electrons. The van der Waals surface area contributed by atoms with Crippen molar-refractivity contribution in [3.8, 4) is 11.1 Å². The van der Waals surface area contributed by atoms with Crippen molar-refractivity contribution in [1.29, 1.82) is 0 Å². The summed E-state index contributed by atoms with van der Waals surface area (Å²) in [5.74, 6) is -1.06. The van der Waals surface area contributed by atoms with Crippen LogP contribution in [0.1, 0.15) is 24.2 Å². The van der Waals surface area contributed by atoms with Gasteiger partial charge in [0.15, 0.2) is 0 Å². The Hall–Kier alpha value is -2.62. The Morgan fingerprint density at radius 2 is 1.91 bits per heavy atom. The minimum atomic E-state index is -3.54. The van der Waals surface area contributed by atoms with Gasteiger partial charge in [0.2, 0.25) is 0 Å². The van der Waals surface area contributed by atoms with Crippen molar-refractivity contribution < 1.29 is 27.5 Å². The average Bonchev–Trinajstić information content (AvgIpc) is 3.21. The van der Waals surface area contributed by atoms with Crippen molar-refractivity contribution in [3.63, 3.8) is 0 Å². The van der Waals surface area contributed by atoms with Gasteiger partial charge in [0.25, 0.3) is 0 Å². The molecule has 1 aromatic heterocycles. The van der Waals surface area contributed by atoms with E-state index < -0.39 is 19.4 Å². The Kier molecular flexibility index (Phi) is 9.90. The van der Waals surface area contributed by atoms with E-state index in [0.717, 1.165) is 0 Å². The van der Waals surface area contributed by atoms with E-state index in [1.807, 2.05) is 0 Å². The number of rotatable bonds is 10. The molecular formula is C22H27ClFN4O5P. The van der Waals surface area contributed by atoms with Crippen molar-refractivity contribution in [3.05, 3.63) is 53.9 Å². The van der Waals surface area contributed by atoms with Crippen LogP contribution >= 0.6 is 20.0 Å². The van der Waals surface area contributed by atoms with Crippen LogP contribution in [0, 0.1) is 0 Å². The van der Waals surface area contributed by atoms with E-state index in [1.54, 1.807) is 44.2 Å². The Labute approximate surface area is 203 Å². The number of ether oxygens (including phenoxy) is 1. The second kappa shape index (κ2) is 12.2. The Balaban J connectivity index is 0.00000408. The van der Waals surface area contributed by atoms with E-state index in [2.05, 4.69) is 10.3 Å². The molecule has 0 fully saturated rings. The van der Waals surface area contributed by atoms with Crippen LogP contribution < -0.4 is 11.0 Å². The molecule has 0 atom stereocenters. The molecular weight excluding hydrogens is 486 g/mol. The van der Waals surface area contributed by atoms with Crippen LogP contribution in [0.4, 0.5) is 4.39 Å². The zero-order chi connectivity index (χ0) is 24.0. The minimum absolute atomic E-state index is 0. The van der Waals surface area contributed by atoms with Gasteiger partial charge in [0.05, 0.1) is 43.3 Å². The number of nitrogens with two attached hydrogens (primary N) is 1. The molecule has 2 N–H and O–H groups in total. The molecule has 0 aliphatic carbocycles. The molecule has 3 rings (SSSR count). The lowest BCUT2D eigenvalue weighted by molar-refractivity contribution is 0.0601. The van der Waals surface area contributed by atoms with Gasteiger partial charge in [0.1, 0.15) is 11.3 Å². The lowest BCUT2D eigenvalue weighted by Crippen LogP contribution is -2.11. The largest absolute Gasteiger partial charge is 0.465 e. The van der Waals surface area contributed by atoms with Crippen LogP contribution in [0.25, 0.3) is 22.2 Å². The molecule has 12 heteroatoms. The van der Waals surface area contributed by atoms with Gasteiger partial charge in [-0.25, -0.2) is 13.9 Å². The first-order valence-corrected chi connectivity index (χ1v) is 11.9. The second-order valence-corrected chi connectivity index (χ2v) is 8.93. The molecule has 1 heterocycles. The predicted octanol–water partition coefficient (Wildman–Crippen LogP) is 4.01. The van der Waals surface area contributed by atoms with Gasteiger partial charge in [-0.15, -0.1) is 17.5 Å². The Morgan fingerprint density at radius 3 is 2.53 bits per heavy atom. The third kappa shape index (κ3) is 5.89. The number of hydrogen-bond acceptors (Lipinski definition) is 8. The summed E-state index contributed by atoms with van der Waals surface area (Å²) in [6, 6.07) is 9.94. The number of methoxy groups -OCH3 is 1. The molecule has 0 aliphatic heterocycles. The Bertz CT molecular complexity index is 1220. The molecule has 0 spiro atoms. The first-order valence-electron chi connectivity index (χ1n) is 10.4. The van der Waals surface area contributed by atoms with E-state index >= 15 is 0 Å². The van der Waals surface area contributed by atoms with E-state index in [0.29, 0.717) is 27.5 Å². The van der Waals surface area contributed by atoms with Gasteiger partial charge in [-0.1, -0.05) is 17.3 Å². The summed E-state index contributed by atoms with van der Waals surface area (Å²) in [4.78, 5) is 12.3. The van der Waals surface area contributed by atoms with E-state index in [4.69, 9.17) is 19.5 Å². The maximum atomic E-state index is 14.1. The SMILES string of the molecule is CCOP(=O)(OCC)c1cccc(-c2cc(C(=O)OC)cc3c2nnn3C/C(F)=C/CN)c1.Cl. The summed E-state index contributed by atoms with van der Waals surface area (Å²) in [5.41, 5.74) is 7.61. The van der Waals surface area contributed by atoms with Gasteiger partial charge < -0.3 is 19.5 Å². The summed E-state index contributed by atoms with van der Waals surface area (Å²) in [7, 11) is -2.27. The Morgan fingerprint density at radius 1 is 1.21 bits per heavy atom. The average molecular weight is 513 g/mol. The number of hydrogen-bond donors (Lipinski definition) is 1. The van der Waals surface area contributed by atoms with E-state index in [9.17, 15) is 13.8 Å². The van der Waals surface area contributed by atoms with Gasteiger partial charge in [0, 0.05) is 12.1 Å². The van der Waals surface area contributed by atoms with Crippen LogP contribution in [0.2, 0.25) is 0 Å². The molecule has 3 aromatic rings. The number of nitrogens with zero attached hydrogens (tertiary/aromatic N) is 3. The van der Waals surface area contributed by atoms with Crippen LogP contribution in [-0.4, -0.2) is 47.8 Å². The normalized spacial score (nSPS) is 12.0. The van der Waals surface area contributed by atoms with Gasteiger partial charge in [-0.2, -0.15) is 0 Å². The lowest BCUT2D eigenvalue weighted by Gasteiger charge is -2.18. The van der Waals surface area contributed by atoms with Gasteiger partial charge in [-0.05, 0) is 49.8 Å². The smallest absolute Gasteiger partial charge is 0.361 e. The monoisotopic (exact) mass is 512 g/mol. The molecule has 34 heavy (non-hydrogen) atoms. The van der Waals surface area contributed by atoms with Crippen LogP contribution in [-0.2, 0) is 24.9 Å². The first-order chi connectivity index (χ1) is 15.9. The summed E-state index contributed by atoms with van der Waals surface area (Å²) in [5, 5.41) is 8.62. The zero-order valence-electron chi connectivity index (χ0n) is 19.1. The maximum Gasteiger partial charge on any atom is 0.361 e. The summed E-state index contributed by atoms with van der Waals surface area (Å²) < 4.78 is 44.5. The topological polar surface area (TPSA) is 119 Å². The minimum Gasteiger partial charge on any atom is -0.465 e. The summed E-state index contributed by atoms with van der Waals surface area (Å²) in [6.45, 7) is 3.73. The molecule has 0 aliphatic rings. The number of fused-ring (bicyclic) bond motifs is 1. The number of benzene rings is 2. The van der Waals surface area contributed by atoms with Crippen molar-refractivity contribution in [1.82, 2.24) is 15.0 Å². The number of esters is 1. The number of aromatic nitrogens is 3. The molecule has 0 saturated carbocycles. The van der Waals surface area contributed by atoms with E-state index in [-0.39, 0.29) is 44.3 Å². The highest BCUT2D eigenvalue weighted by Gasteiger charge is 2.27. The lowest BCUT2D eigenvalue weighted by atomic mass is 10.0. The van der Waals surface area contributed by atoms with Crippen molar-refractivity contribution >= 4 is 42.3 Å². The highest BCUT2D eigenvalue weighted by atomic mass is 35.5. The predicted molar refractivity (Wildman–Crippen MR) is 130 cm³/mol. The van der Waals surface area contributed by atoms with Crippen molar-refractivity contribution in [2.45, 2.75) is 20.4 Å². The third-order valence-electron chi connectivity index (χ3n) is 4.75. The zero-order valence-corrected chi connectivity index (χ0v) is 20.8. The van der Waals surface area contributed by atoms with Crippen LogP contribution in [0.15, 0.2) is 48.3 Å².